The number of rotatable bonds is 1. The Labute approximate surface area is 365 Å². The summed E-state index contributed by atoms with van der Waals surface area (Å²) in [5.74, 6) is 0. The summed E-state index contributed by atoms with van der Waals surface area (Å²) in [7, 11) is 0. The quantitative estimate of drug-likeness (QED) is 0.150. The van der Waals surface area contributed by atoms with Crippen molar-refractivity contribution in [3.05, 3.63) is 149 Å². The van der Waals surface area contributed by atoms with Gasteiger partial charge in [-0.3, -0.25) is 0 Å². The van der Waals surface area contributed by atoms with Crippen LogP contribution in [-0.2, 0) is 21.7 Å². The van der Waals surface area contributed by atoms with Crippen molar-refractivity contribution in [1.29, 1.82) is 0 Å². The maximum atomic E-state index is 2.75. The van der Waals surface area contributed by atoms with Gasteiger partial charge in [-0.2, -0.15) is 0 Å². The second kappa shape index (κ2) is 11.9. The van der Waals surface area contributed by atoms with E-state index in [1.165, 1.54) is 120 Å². The van der Waals surface area contributed by atoms with E-state index in [1.54, 1.807) is 0 Å². The van der Waals surface area contributed by atoms with E-state index >= 15 is 0 Å². The van der Waals surface area contributed by atoms with Crippen molar-refractivity contribution in [3.63, 3.8) is 0 Å². The summed E-state index contributed by atoms with van der Waals surface area (Å²) in [4.78, 5) is 2.75. The molecule has 61 heavy (non-hydrogen) atoms. The molecule has 9 aromatic rings. The first-order chi connectivity index (χ1) is 28.9. The van der Waals surface area contributed by atoms with Gasteiger partial charge in [0.1, 0.15) is 0 Å². The van der Waals surface area contributed by atoms with Crippen LogP contribution in [-0.4, -0.2) is 11.4 Å². The predicted molar refractivity (Wildman–Crippen MR) is 266 cm³/mol. The molecule has 0 unspecified atom stereocenters. The molecular weight excluding hydrogens is 756 g/mol. The molecule has 4 heterocycles. The van der Waals surface area contributed by atoms with Crippen molar-refractivity contribution in [1.82, 2.24) is 4.57 Å². The highest BCUT2D eigenvalue weighted by molar-refractivity contribution is 7.27. The van der Waals surface area contributed by atoms with Crippen LogP contribution >= 0.6 is 11.3 Å². The van der Waals surface area contributed by atoms with Crippen LogP contribution in [0.4, 0.5) is 11.4 Å². The highest BCUT2D eigenvalue weighted by Crippen LogP contribution is 2.57. The summed E-state index contributed by atoms with van der Waals surface area (Å²) >= 11 is 1.99. The van der Waals surface area contributed by atoms with E-state index in [0.717, 1.165) is 0 Å². The number of benzene rings is 7. The third kappa shape index (κ3) is 4.92. The zero-order chi connectivity index (χ0) is 42.3. The van der Waals surface area contributed by atoms with Gasteiger partial charge in [0.2, 0.25) is 0 Å². The van der Waals surface area contributed by atoms with Gasteiger partial charge in [-0.05, 0) is 115 Å². The summed E-state index contributed by atoms with van der Waals surface area (Å²) in [6.07, 6.45) is 0. The van der Waals surface area contributed by atoms with Gasteiger partial charge < -0.3 is 9.38 Å². The van der Waals surface area contributed by atoms with E-state index in [1.807, 2.05) is 11.3 Å². The van der Waals surface area contributed by atoms with Gasteiger partial charge in [-0.15, -0.1) is 11.3 Å². The molecule has 0 fully saturated rings. The van der Waals surface area contributed by atoms with Crippen molar-refractivity contribution < 1.29 is 0 Å². The number of fused-ring (bicyclic) bond motifs is 16. The van der Waals surface area contributed by atoms with Gasteiger partial charge in [0, 0.05) is 64.5 Å². The molecule has 2 aromatic heterocycles. The number of thiophene rings is 1. The second-order valence-corrected chi connectivity index (χ2v) is 22.9. The molecule has 2 aliphatic heterocycles. The molecule has 0 N–H and O–H groups in total. The van der Waals surface area contributed by atoms with E-state index in [4.69, 9.17) is 0 Å². The van der Waals surface area contributed by atoms with Crippen LogP contribution in [0.25, 0.3) is 69.9 Å². The lowest BCUT2D eigenvalue weighted by Gasteiger charge is -2.43. The normalized spacial score (nSPS) is 15.2. The zero-order valence-electron chi connectivity index (χ0n) is 37.4. The summed E-state index contributed by atoms with van der Waals surface area (Å²) in [6, 6.07) is 47.8. The summed E-state index contributed by atoms with van der Waals surface area (Å²) in [5.41, 5.74) is 21.5. The first-order valence-electron chi connectivity index (χ1n) is 22.2. The average molecular weight is 809 g/mol. The molecule has 0 bridgehead atoms. The van der Waals surface area contributed by atoms with Crippen LogP contribution in [0.3, 0.4) is 0 Å². The topological polar surface area (TPSA) is 8.17 Å². The minimum absolute atomic E-state index is 0.00822. The van der Waals surface area contributed by atoms with E-state index in [0.29, 0.717) is 0 Å². The Balaban J connectivity index is 1.33. The van der Waals surface area contributed by atoms with Gasteiger partial charge in [0.25, 0.3) is 0 Å². The Kier molecular flexibility index (Phi) is 7.24. The second-order valence-electron chi connectivity index (χ2n) is 21.8. The number of anilines is 2. The molecule has 1 aliphatic carbocycles. The largest absolute Gasteiger partial charge is 0.376 e. The fourth-order valence-corrected chi connectivity index (χ4v) is 12.6. The van der Waals surface area contributed by atoms with Crippen molar-refractivity contribution >= 4 is 82.5 Å². The van der Waals surface area contributed by atoms with Gasteiger partial charge in [0.05, 0.1) is 11.0 Å². The molecule has 0 spiro atoms. The number of hydrogen-bond acceptors (Lipinski definition) is 2. The molecule has 7 aromatic carbocycles. The smallest absolute Gasteiger partial charge is 0.333 e. The van der Waals surface area contributed by atoms with Gasteiger partial charge >= 0.3 is 6.85 Å². The highest BCUT2D eigenvalue weighted by Gasteiger charge is 2.47. The van der Waals surface area contributed by atoms with Crippen LogP contribution in [0.5, 0.6) is 0 Å². The summed E-state index contributed by atoms with van der Waals surface area (Å²) in [6.45, 7) is 25.9. The Morgan fingerprint density at radius 3 is 1.93 bits per heavy atom. The zero-order valence-corrected chi connectivity index (χ0v) is 38.2. The Hall–Kier alpha value is -5.58. The molecule has 0 atom stereocenters. The fraction of sp³-hybridized carbons (Fsp3) is 0.263. The van der Waals surface area contributed by atoms with Gasteiger partial charge in [-0.1, -0.05) is 149 Å². The maximum absolute atomic E-state index is 2.75. The predicted octanol–water partition coefficient (Wildman–Crippen LogP) is 14.6. The van der Waals surface area contributed by atoms with E-state index < -0.39 is 0 Å². The molecule has 2 nitrogen and oxygen atoms in total. The average Bonchev–Trinajstić information content (AvgIpc) is 3.84. The molecular formula is C57H53BN2S. The monoisotopic (exact) mass is 808 g/mol. The lowest BCUT2D eigenvalue weighted by molar-refractivity contribution is 0.590. The van der Waals surface area contributed by atoms with Gasteiger partial charge in [0.15, 0.2) is 0 Å². The number of aromatic nitrogens is 1. The third-order valence-electron chi connectivity index (χ3n) is 14.6. The van der Waals surface area contributed by atoms with Crippen LogP contribution in [0.15, 0.2) is 121 Å². The lowest BCUT2D eigenvalue weighted by atomic mass is 9.43. The third-order valence-corrected chi connectivity index (χ3v) is 15.8. The van der Waals surface area contributed by atoms with Crippen molar-refractivity contribution in [2.45, 2.75) is 97.8 Å². The summed E-state index contributed by atoms with van der Waals surface area (Å²) < 4.78 is 5.41. The Bertz CT molecular complexity index is 3390. The minimum atomic E-state index is -0.138. The standard InChI is InChI=1S/C57H53BN2S/c1-54(2,3)32-20-24-35(25-21-32)60-46-31-42-38(36-16-12-14-18-41(36)57(42,10)11)30-40(46)50-51-52-48(49-37-17-13-15-19-47(37)61-53(49)50)39-28-33(55(4,5)6)22-26-44(39)59(52)45-27-23-34(56(7,8)9)29-43(45)58(51)60/h12-31H,1-11H3. The lowest BCUT2D eigenvalue weighted by Crippen LogP contribution is -2.60. The molecule has 3 aliphatic rings. The number of hydrogen-bond donors (Lipinski definition) is 0. The van der Waals surface area contributed by atoms with Crippen LogP contribution in [0.2, 0.25) is 0 Å². The Morgan fingerprint density at radius 2 is 1.20 bits per heavy atom. The first kappa shape index (κ1) is 37.2. The van der Waals surface area contributed by atoms with Gasteiger partial charge in [-0.25, -0.2) is 0 Å². The SMILES string of the molecule is CC(C)(C)c1ccc(N2B3c4cc(C(C)(C)C)ccc4-n4c5ccc(C(C)(C)C)cc5c5c6c(sc7ccccc76)c(c3c54)-c3cc4c(cc32)C(C)(C)c2ccccc2-4)cc1. The van der Waals surface area contributed by atoms with Crippen LogP contribution in [0.1, 0.15) is 104 Å². The fourth-order valence-electron chi connectivity index (χ4n) is 11.3. The first-order valence-corrected chi connectivity index (χ1v) is 23.0. The molecule has 0 amide bonds. The van der Waals surface area contributed by atoms with E-state index in [-0.39, 0.29) is 28.5 Å². The van der Waals surface area contributed by atoms with Crippen molar-refractivity contribution in [2.75, 3.05) is 4.81 Å². The minimum Gasteiger partial charge on any atom is -0.376 e. The highest BCUT2D eigenvalue weighted by atomic mass is 32.1. The number of nitrogens with zero attached hydrogens (tertiary/aromatic N) is 2. The molecule has 12 rings (SSSR count). The van der Waals surface area contributed by atoms with Crippen LogP contribution < -0.4 is 15.7 Å². The molecule has 0 radical (unpaired) electrons. The molecule has 0 saturated heterocycles. The van der Waals surface area contributed by atoms with Crippen LogP contribution in [0, 0.1) is 0 Å². The Morgan fingerprint density at radius 1 is 0.541 bits per heavy atom. The molecule has 0 saturated carbocycles. The van der Waals surface area contributed by atoms with Crippen molar-refractivity contribution in [3.8, 4) is 27.9 Å². The molecule has 300 valence electrons. The molecule has 4 heteroatoms. The maximum Gasteiger partial charge on any atom is 0.333 e. The summed E-state index contributed by atoms with van der Waals surface area (Å²) in [5, 5.41) is 5.49. The van der Waals surface area contributed by atoms with E-state index in [9.17, 15) is 0 Å². The van der Waals surface area contributed by atoms with E-state index in [2.05, 4.69) is 207 Å². The van der Waals surface area contributed by atoms with Crippen molar-refractivity contribution in [2.24, 2.45) is 0 Å².